The van der Waals surface area contributed by atoms with Gasteiger partial charge in [0.05, 0.1) is 19.0 Å². The Morgan fingerprint density at radius 3 is 1.58 bits per heavy atom. The molecule has 19 heteroatoms. The predicted octanol–water partition coefficient (Wildman–Crippen LogP) is 3.98. The van der Waals surface area contributed by atoms with Crippen LogP contribution in [0.3, 0.4) is 0 Å². The summed E-state index contributed by atoms with van der Waals surface area (Å²) in [6.45, 7) is -2.39. The van der Waals surface area contributed by atoms with E-state index in [-0.39, 0.29) is 5.56 Å². The first kappa shape index (κ1) is 32.3. The average Bonchev–Trinajstić information content (AvgIpc) is 2.73. The summed E-state index contributed by atoms with van der Waals surface area (Å²) in [6.07, 6.45) is -7.51. The topological polar surface area (TPSA) is 101 Å². The summed E-state index contributed by atoms with van der Waals surface area (Å²) in [5, 5.41) is 10.9. The summed E-state index contributed by atoms with van der Waals surface area (Å²) in [6, 6.07) is 6.18. The van der Waals surface area contributed by atoms with Crippen molar-refractivity contribution in [2.24, 2.45) is 0 Å². The van der Waals surface area contributed by atoms with Gasteiger partial charge in [-0.3, -0.25) is 4.79 Å². The van der Waals surface area contributed by atoms with Gasteiger partial charge in [0.2, 0.25) is 0 Å². The van der Waals surface area contributed by atoms with Gasteiger partial charge in [-0.05, 0) is 0 Å². The smallest absolute Gasteiger partial charge is 0.395 e. The fourth-order valence-electron chi connectivity index (χ4n) is 2.57. The molecule has 0 bridgehead atoms. The lowest BCUT2D eigenvalue weighted by molar-refractivity contribution is -0.413. The van der Waals surface area contributed by atoms with Gasteiger partial charge in [-0.1, -0.05) is 30.3 Å². The van der Waals surface area contributed by atoms with E-state index in [1.807, 2.05) is 0 Å². The number of halogens is 11. The van der Waals surface area contributed by atoms with Gasteiger partial charge in [0, 0.05) is 17.1 Å². The monoisotopic (exact) mass is 590 g/mol. The summed E-state index contributed by atoms with van der Waals surface area (Å²) in [5.41, 5.74) is -0.236. The number of hydrogen-bond donors (Lipinski definition) is 2. The number of aliphatic hydroxyl groups is 2. The van der Waals surface area contributed by atoms with Gasteiger partial charge in [0.15, 0.2) is 5.78 Å². The van der Waals surface area contributed by atoms with Crippen molar-refractivity contribution in [2.75, 3.05) is 30.5 Å². The van der Waals surface area contributed by atoms with E-state index in [1.165, 1.54) is 18.2 Å². The molecule has 0 spiro atoms. The quantitative estimate of drug-likeness (QED) is 0.267. The third-order valence-corrected chi connectivity index (χ3v) is 9.87. The van der Waals surface area contributed by atoms with E-state index in [4.69, 9.17) is 0 Å². The van der Waals surface area contributed by atoms with Crippen LogP contribution in [0, 0.1) is 0 Å². The van der Waals surface area contributed by atoms with Crippen molar-refractivity contribution >= 4 is 26.2 Å². The van der Waals surface area contributed by atoms with Gasteiger partial charge in [-0.2, -0.15) is 56.7 Å². The molecule has 1 aromatic rings. The van der Waals surface area contributed by atoms with Crippen LogP contribution in [0.25, 0.3) is 0 Å². The Hall–Kier alpha value is -1.70. The first-order chi connectivity index (χ1) is 16.1. The zero-order valence-electron chi connectivity index (χ0n) is 17.4. The van der Waals surface area contributed by atoms with Crippen LogP contribution in [-0.2, 0) is 13.7 Å². The van der Waals surface area contributed by atoms with Gasteiger partial charge in [0.25, 0.3) is 0 Å². The normalized spacial score (nSPS) is 15.1. The molecule has 0 unspecified atom stereocenters. The number of benzene rings is 1. The molecule has 6 nitrogen and oxygen atoms in total. The number of hydrogen-bond acceptors (Lipinski definition) is 6. The summed E-state index contributed by atoms with van der Waals surface area (Å²) < 4.78 is 174. The minimum atomic E-state index is -8.01. The molecule has 0 heterocycles. The molecule has 0 atom stereocenters. The van der Waals surface area contributed by atoms with Gasteiger partial charge in [-0.15, -0.1) is 10.3 Å². The Labute approximate surface area is 197 Å². The molecule has 0 amide bonds. The van der Waals surface area contributed by atoms with Crippen LogP contribution < -0.4 is 0 Å². The second-order valence-corrected chi connectivity index (χ2v) is 12.0. The fraction of sp³-hybridized carbons (Fsp3) is 0.588. The number of rotatable bonds is 13. The van der Waals surface area contributed by atoms with Gasteiger partial charge >= 0.3 is 39.3 Å². The lowest BCUT2D eigenvalue weighted by Gasteiger charge is -2.40. The van der Waals surface area contributed by atoms with Crippen LogP contribution in [0.4, 0.5) is 48.3 Å². The number of ketones is 1. The number of carbonyl (C=O) groups excluding carboxylic acids is 1. The highest BCUT2D eigenvalue weighted by Gasteiger charge is 2.90. The Morgan fingerprint density at radius 1 is 0.750 bits per heavy atom. The van der Waals surface area contributed by atoms with Crippen molar-refractivity contribution in [2.45, 2.75) is 29.2 Å². The molecule has 210 valence electrons. The molecule has 0 saturated heterocycles. The van der Waals surface area contributed by atoms with Crippen molar-refractivity contribution < 1.29 is 75.3 Å². The van der Waals surface area contributed by atoms with Crippen LogP contribution in [-0.4, -0.2) is 84.1 Å². The van der Waals surface area contributed by atoms with E-state index in [0.717, 1.165) is 12.1 Å². The molecule has 0 fully saturated rings. The van der Waals surface area contributed by atoms with Gasteiger partial charge < -0.3 is 10.2 Å². The van der Waals surface area contributed by atoms with E-state index >= 15 is 0 Å². The van der Waals surface area contributed by atoms with Crippen molar-refractivity contribution in [1.82, 2.24) is 0 Å². The largest absolute Gasteiger partial charge is 0.460 e. The maximum absolute atomic E-state index is 14.2. The average molecular weight is 590 g/mol. The molecular formula is C17H17F11O6S2. The van der Waals surface area contributed by atoms with Crippen LogP contribution in [0.1, 0.15) is 10.4 Å². The van der Waals surface area contributed by atoms with Gasteiger partial charge in [-0.25, -0.2) is 3.63 Å². The molecule has 0 aliphatic carbocycles. The maximum Gasteiger partial charge on any atom is 0.460 e. The predicted molar refractivity (Wildman–Crippen MR) is 103 cm³/mol. The van der Waals surface area contributed by atoms with Crippen molar-refractivity contribution in [1.29, 1.82) is 0 Å². The summed E-state index contributed by atoms with van der Waals surface area (Å²) >= 11 is 0. The van der Waals surface area contributed by atoms with E-state index in [0.29, 0.717) is 0 Å². The zero-order valence-corrected chi connectivity index (χ0v) is 19.1. The highest BCUT2D eigenvalue weighted by molar-refractivity contribution is 8.33. The van der Waals surface area contributed by atoms with Crippen molar-refractivity contribution in [3.63, 3.8) is 0 Å². The summed E-state index contributed by atoms with van der Waals surface area (Å²) in [4.78, 5) is 12.4. The second-order valence-electron chi connectivity index (χ2n) is 7.01. The van der Waals surface area contributed by atoms with E-state index < -0.39 is 85.9 Å². The first-order valence-corrected chi connectivity index (χ1v) is 12.6. The Balaban J connectivity index is 3.58. The molecule has 0 aliphatic rings. The number of alkyl halides is 11. The fourth-order valence-corrected chi connectivity index (χ4v) is 7.41. The highest BCUT2D eigenvalue weighted by atomic mass is 32.3. The molecule has 1 aromatic carbocycles. The molecule has 0 saturated carbocycles. The highest BCUT2D eigenvalue weighted by Crippen LogP contribution is 2.61. The first-order valence-electron chi connectivity index (χ1n) is 9.17. The Bertz CT molecular complexity index is 1010. The molecule has 2 N–H and O–H groups in total. The van der Waals surface area contributed by atoms with Crippen LogP contribution >= 0.6 is 10.3 Å². The van der Waals surface area contributed by atoms with Crippen molar-refractivity contribution in [3.8, 4) is 0 Å². The van der Waals surface area contributed by atoms with E-state index in [1.54, 1.807) is 0 Å². The van der Waals surface area contributed by atoms with Crippen LogP contribution in [0.2, 0.25) is 0 Å². The maximum atomic E-state index is 14.2. The van der Waals surface area contributed by atoms with Crippen molar-refractivity contribution in [3.05, 3.63) is 35.9 Å². The molecular weight excluding hydrogens is 573 g/mol. The number of carbonyl (C=O) groups is 1. The lowest BCUT2D eigenvalue weighted by Crippen LogP contribution is -2.68. The van der Waals surface area contributed by atoms with E-state index in [9.17, 15) is 71.7 Å². The molecule has 36 heavy (non-hydrogen) atoms. The summed E-state index contributed by atoms with van der Waals surface area (Å²) in [7, 11) is -11.7. The summed E-state index contributed by atoms with van der Waals surface area (Å²) in [5.74, 6) is -28.4. The van der Waals surface area contributed by atoms with E-state index in [2.05, 4.69) is 3.63 Å². The Kier molecular flexibility index (Phi) is 9.50. The third-order valence-electron chi connectivity index (χ3n) is 4.47. The molecule has 0 aliphatic heterocycles. The van der Waals surface area contributed by atoms with Crippen LogP contribution in [0.15, 0.2) is 30.3 Å². The van der Waals surface area contributed by atoms with Crippen LogP contribution in [0.5, 0.6) is 0 Å². The minimum absolute atomic E-state index is 0.236. The lowest BCUT2D eigenvalue weighted by atomic mass is 10.0. The molecule has 1 rings (SSSR count). The number of Topliss-reactive ketones (excluding diaryl/α,β-unsaturated/α-hetero) is 1. The van der Waals surface area contributed by atoms with Gasteiger partial charge in [0.1, 0.15) is 0 Å². The number of aliphatic hydroxyl groups excluding tert-OH is 2. The second kappa shape index (κ2) is 10.6. The minimum Gasteiger partial charge on any atom is -0.395 e. The molecule has 0 radical (unpaired) electrons. The molecule has 0 aromatic heterocycles. The third kappa shape index (κ3) is 5.73. The zero-order chi connectivity index (χ0) is 28.4. The Morgan fingerprint density at radius 2 is 1.19 bits per heavy atom. The SMILES string of the molecule is O=C(CS(CCO)(CCO)OS(=O)(=O)C(F)(F)C(F)(F)C(F)(F)C(F)(F)C(F)(F)F)c1ccccc1. The standard InChI is InChI=1S/C17H17F11O6S2/c18-13(19,14(20,21)16(24,25)26)15(22,23)17(27,28)36(32,33)34-35(8-6-29,9-7-30)10-12(31)11-4-2-1-3-5-11/h1-5,29-30H,6-10H2.